The molecule has 1 aliphatic heterocycles. The van der Waals surface area contributed by atoms with Crippen molar-refractivity contribution in [2.45, 2.75) is 44.2 Å². The Balaban J connectivity index is 1.39. The Hall–Kier alpha value is -2.21. The number of carbonyl (C=O) groups is 1. The van der Waals surface area contributed by atoms with Gasteiger partial charge in [-0.05, 0) is 42.4 Å². The molecule has 1 atom stereocenters. The molecule has 1 fully saturated rings. The lowest BCUT2D eigenvalue weighted by Crippen LogP contribution is -2.40. The minimum absolute atomic E-state index is 0.0856. The van der Waals surface area contributed by atoms with Gasteiger partial charge in [0.05, 0.1) is 25.7 Å². The molecular formula is C18H22N4O2. The van der Waals surface area contributed by atoms with E-state index >= 15 is 0 Å². The van der Waals surface area contributed by atoms with E-state index in [9.17, 15) is 9.90 Å². The summed E-state index contributed by atoms with van der Waals surface area (Å²) in [7, 11) is 0. The van der Waals surface area contributed by atoms with Crippen LogP contribution in [-0.4, -0.2) is 49.6 Å². The van der Waals surface area contributed by atoms with E-state index in [0.29, 0.717) is 32.5 Å². The number of aryl methyl sites for hydroxylation is 2. The van der Waals surface area contributed by atoms with E-state index in [0.717, 1.165) is 18.4 Å². The Morgan fingerprint density at radius 2 is 2.17 bits per heavy atom. The quantitative estimate of drug-likeness (QED) is 0.909. The Morgan fingerprint density at radius 3 is 3.00 bits per heavy atom. The summed E-state index contributed by atoms with van der Waals surface area (Å²) >= 11 is 0. The molecule has 1 unspecified atom stereocenters. The topological polar surface area (TPSA) is 71.2 Å². The number of nitrogens with zero attached hydrogens (tertiary/aromatic N) is 4. The van der Waals surface area contributed by atoms with E-state index in [4.69, 9.17) is 0 Å². The molecule has 1 N–H and O–H groups in total. The van der Waals surface area contributed by atoms with Gasteiger partial charge in [-0.25, -0.2) is 4.68 Å². The van der Waals surface area contributed by atoms with Crippen LogP contribution < -0.4 is 0 Å². The molecule has 126 valence electrons. The standard InChI is InChI=1S/C18H22N4O2/c23-17(11-14-4-5-15-2-1-3-16(15)10-14)21-8-6-18(24,12-21)13-22-9-7-19-20-22/h4-5,7,9-10,24H,1-3,6,8,11-13H2. The van der Waals surface area contributed by atoms with E-state index in [-0.39, 0.29) is 5.91 Å². The first-order valence-electron chi connectivity index (χ1n) is 8.56. The van der Waals surface area contributed by atoms with Crippen LogP contribution >= 0.6 is 0 Å². The number of hydrogen-bond acceptors (Lipinski definition) is 4. The van der Waals surface area contributed by atoms with Crippen molar-refractivity contribution in [3.63, 3.8) is 0 Å². The smallest absolute Gasteiger partial charge is 0.227 e. The largest absolute Gasteiger partial charge is 0.386 e. The maximum Gasteiger partial charge on any atom is 0.227 e. The normalized spacial score (nSPS) is 22.8. The van der Waals surface area contributed by atoms with Crippen LogP contribution in [0.25, 0.3) is 0 Å². The zero-order valence-corrected chi connectivity index (χ0v) is 13.7. The van der Waals surface area contributed by atoms with Crippen molar-refractivity contribution in [3.8, 4) is 0 Å². The molecule has 2 aromatic rings. The number of aliphatic hydroxyl groups is 1. The molecule has 0 spiro atoms. The lowest BCUT2D eigenvalue weighted by molar-refractivity contribution is -0.130. The number of rotatable bonds is 4. The van der Waals surface area contributed by atoms with Crippen LogP contribution in [0.5, 0.6) is 0 Å². The molecule has 0 saturated carbocycles. The fraction of sp³-hybridized carbons (Fsp3) is 0.500. The average molecular weight is 326 g/mol. The molecule has 1 aromatic carbocycles. The van der Waals surface area contributed by atoms with Crippen LogP contribution in [0.15, 0.2) is 30.6 Å². The second-order valence-electron chi connectivity index (χ2n) is 7.02. The Bertz CT molecular complexity index is 743. The van der Waals surface area contributed by atoms with Crippen molar-refractivity contribution in [3.05, 3.63) is 47.3 Å². The predicted molar refractivity (Wildman–Crippen MR) is 88.3 cm³/mol. The summed E-state index contributed by atoms with van der Waals surface area (Å²) in [6.07, 6.45) is 7.80. The predicted octanol–water partition coefficient (Wildman–Crippen LogP) is 0.973. The molecule has 2 heterocycles. The van der Waals surface area contributed by atoms with Crippen LogP contribution in [0.3, 0.4) is 0 Å². The second kappa shape index (κ2) is 6.02. The summed E-state index contributed by atoms with van der Waals surface area (Å²) in [5.74, 6) is 0.0856. The summed E-state index contributed by atoms with van der Waals surface area (Å²) in [6, 6.07) is 6.41. The number of amides is 1. The van der Waals surface area contributed by atoms with E-state index in [1.807, 2.05) is 0 Å². The molecular weight excluding hydrogens is 304 g/mol. The summed E-state index contributed by atoms with van der Waals surface area (Å²) in [5.41, 5.74) is 2.98. The molecule has 0 bridgehead atoms. The van der Waals surface area contributed by atoms with E-state index in [1.165, 1.54) is 17.5 Å². The van der Waals surface area contributed by atoms with Crippen LogP contribution in [0.1, 0.15) is 29.5 Å². The molecule has 1 aromatic heterocycles. The number of benzene rings is 1. The van der Waals surface area contributed by atoms with Crippen LogP contribution in [0.4, 0.5) is 0 Å². The highest BCUT2D eigenvalue weighted by Crippen LogP contribution is 2.25. The van der Waals surface area contributed by atoms with Crippen molar-refractivity contribution in [2.75, 3.05) is 13.1 Å². The average Bonchev–Trinajstić information content (AvgIpc) is 3.28. The number of carbonyl (C=O) groups excluding carboxylic acids is 1. The van der Waals surface area contributed by atoms with Crippen LogP contribution in [0, 0.1) is 0 Å². The third kappa shape index (κ3) is 3.06. The Morgan fingerprint density at radius 1 is 1.29 bits per heavy atom. The number of fused-ring (bicyclic) bond motifs is 1. The minimum Gasteiger partial charge on any atom is -0.386 e. The lowest BCUT2D eigenvalue weighted by atomic mass is 10.0. The van der Waals surface area contributed by atoms with Gasteiger partial charge in [0, 0.05) is 12.7 Å². The van der Waals surface area contributed by atoms with Crippen molar-refractivity contribution < 1.29 is 9.90 Å². The molecule has 6 nitrogen and oxygen atoms in total. The zero-order chi connectivity index (χ0) is 16.6. The molecule has 1 amide bonds. The van der Waals surface area contributed by atoms with Crippen LogP contribution in [0.2, 0.25) is 0 Å². The molecule has 24 heavy (non-hydrogen) atoms. The fourth-order valence-corrected chi connectivity index (χ4v) is 3.84. The van der Waals surface area contributed by atoms with Crippen LogP contribution in [-0.2, 0) is 30.6 Å². The third-order valence-corrected chi connectivity index (χ3v) is 5.13. The SMILES string of the molecule is O=C(Cc1ccc2c(c1)CCC2)N1CCC(O)(Cn2ccnn2)C1. The second-order valence-corrected chi connectivity index (χ2v) is 7.02. The molecule has 1 aliphatic carbocycles. The number of hydrogen-bond donors (Lipinski definition) is 1. The van der Waals surface area contributed by atoms with Crippen molar-refractivity contribution in [2.24, 2.45) is 0 Å². The molecule has 1 saturated heterocycles. The summed E-state index contributed by atoms with van der Waals surface area (Å²) in [6.45, 7) is 1.32. The first-order valence-corrected chi connectivity index (χ1v) is 8.56. The maximum absolute atomic E-state index is 12.6. The number of likely N-dealkylation sites (tertiary alicyclic amines) is 1. The van der Waals surface area contributed by atoms with Crippen molar-refractivity contribution >= 4 is 5.91 Å². The molecule has 0 radical (unpaired) electrons. The highest BCUT2D eigenvalue weighted by atomic mass is 16.3. The van der Waals surface area contributed by atoms with E-state index in [2.05, 4.69) is 28.5 Å². The number of aromatic nitrogens is 3. The van der Waals surface area contributed by atoms with Gasteiger partial charge in [-0.1, -0.05) is 23.4 Å². The van der Waals surface area contributed by atoms with Gasteiger partial charge < -0.3 is 10.0 Å². The Kier molecular flexibility index (Phi) is 3.84. The van der Waals surface area contributed by atoms with Gasteiger partial charge in [-0.3, -0.25) is 4.79 Å². The van der Waals surface area contributed by atoms with Gasteiger partial charge in [-0.2, -0.15) is 0 Å². The monoisotopic (exact) mass is 326 g/mol. The van der Waals surface area contributed by atoms with Gasteiger partial charge in [0.15, 0.2) is 0 Å². The zero-order valence-electron chi connectivity index (χ0n) is 13.7. The van der Waals surface area contributed by atoms with Gasteiger partial charge >= 0.3 is 0 Å². The van der Waals surface area contributed by atoms with Gasteiger partial charge in [0.25, 0.3) is 0 Å². The summed E-state index contributed by atoms with van der Waals surface area (Å²) in [4.78, 5) is 14.4. The molecule has 4 rings (SSSR count). The Labute approximate surface area is 141 Å². The van der Waals surface area contributed by atoms with E-state index in [1.54, 1.807) is 22.0 Å². The van der Waals surface area contributed by atoms with Gasteiger partial charge in [0.2, 0.25) is 5.91 Å². The summed E-state index contributed by atoms with van der Waals surface area (Å²) in [5, 5.41) is 18.3. The maximum atomic E-state index is 12.6. The third-order valence-electron chi connectivity index (χ3n) is 5.13. The fourth-order valence-electron chi connectivity index (χ4n) is 3.84. The molecule has 6 heteroatoms. The summed E-state index contributed by atoms with van der Waals surface area (Å²) < 4.78 is 1.62. The highest BCUT2D eigenvalue weighted by Gasteiger charge is 2.38. The van der Waals surface area contributed by atoms with Crippen molar-refractivity contribution in [1.82, 2.24) is 19.9 Å². The van der Waals surface area contributed by atoms with Gasteiger partial charge in [0.1, 0.15) is 5.60 Å². The minimum atomic E-state index is -0.915. The lowest BCUT2D eigenvalue weighted by Gasteiger charge is -2.23. The molecule has 2 aliphatic rings. The van der Waals surface area contributed by atoms with Crippen molar-refractivity contribution in [1.29, 1.82) is 0 Å². The first kappa shape index (κ1) is 15.3. The highest BCUT2D eigenvalue weighted by molar-refractivity contribution is 5.79. The number of β-amino-alcohol motifs (C(OH)–C–C–N with tert-alkyl or cyclic N) is 1. The van der Waals surface area contributed by atoms with E-state index < -0.39 is 5.60 Å². The first-order chi connectivity index (χ1) is 11.6. The van der Waals surface area contributed by atoms with Gasteiger partial charge in [-0.15, -0.1) is 5.10 Å².